The third-order valence-corrected chi connectivity index (χ3v) is 3.64. The van der Waals surface area contributed by atoms with E-state index in [4.69, 9.17) is 19.7 Å². The van der Waals surface area contributed by atoms with E-state index in [1.165, 1.54) is 0 Å². The summed E-state index contributed by atoms with van der Waals surface area (Å²) >= 11 is 0. The Morgan fingerprint density at radius 2 is 2.35 bits per heavy atom. The monoisotopic (exact) mass is 280 g/mol. The first-order valence-corrected chi connectivity index (χ1v) is 6.94. The molecule has 2 saturated heterocycles. The molecule has 6 heteroatoms. The van der Waals surface area contributed by atoms with E-state index in [1.54, 1.807) is 6.08 Å². The van der Waals surface area contributed by atoms with Crippen LogP contribution in [0.1, 0.15) is 25.7 Å². The molecule has 20 heavy (non-hydrogen) atoms. The van der Waals surface area contributed by atoms with Gasteiger partial charge in [-0.05, 0) is 12.8 Å². The van der Waals surface area contributed by atoms with Gasteiger partial charge in [-0.25, -0.2) is 0 Å². The summed E-state index contributed by atoms with van der Waals surface area (Å²) in [5.74, 6) is -0.278. The zero-order chi connectivity index (χ0) is 14.4. The Morgan fingerprint density at radius 3 is 3.10 bits per heavy atom. The summed E-state index contributed by atoms with van der Waals surface area (Å²) in [6.45, 7) is 4.78. The molecule has 0 unspecified atom stereocenters. The van der Waals surface area contributed by atoms with Crippen LogP contribution in [0.25, 0.3) is 5.53 Å². The first-order valence-electron chi connectivity index (χ1n) is 6.94. The average molecular weight is 280 g/mol. The van der Waals surface area contributed by atoms with Crippen molar-refractivity contribution in [2.75, 3.05) is 13.2 Å². The Morgan fingerprint density at radius 1 is 1.50 bits per heavy atom. The maximum Gasteiger partial charge on any atom is 0.323 e. The van der Waals surface area contributed by atoms with E-state index in [9.17, 15) is 4.79 Å². The van der Waals surface area contributed by atoms with E-state index in [2.05, 4.69) is 11.4 Å². The van der Waals surface area contributed by atoms with Gasteiger partial charge in [-0.1, -0.05) is 6.08 Å². The molecule has 2 aliphatic rings. The van der Waals surface area contributed by atoms with Gasteiger partial charge in [-0.3, -0.25) is 4.79 Å². The number of hydrogen-bond acceptors (Lipinski definition) is 4. The second-order valence-corrected chi connectivity index (χ2v) is 5.08. The minimum Gasteiger partial charge on any atom is -0.375 e. The molecule has 2 fully saturated rings. The number of carbonyl (C=O) groups is 1. The van der Waals surface area contributed by atoms with Gasteiger partial charge in [0.05, 0.1) is 31.0 Å². The molecule has 2 aliphatic heterocycles. The second-order valence-electron chi connectivity index (χ2n) is 5.08. The zero-order valence-corrected chi connectivity index (χ0v) is 11.4. The minimum absolute atomic E-state index is 0.0243. The summed E-state index contributed by atoms with van der Waals surface area (Å²) in [7, 11) is 0. The molecule has 2 rings (SSSR count). The quantitative estimate of drug-likeness (QED) is 0.316. The molecular formula is C14H20N2O4. The largest absolute Gasteiger partial charge is 0.375 e. The smallest absolute Gasteiger partial charge is 0.323 e. The van der Waals surface area contributed by atoms with E-state index in [0.29, 0.717) is 13.0 Å². The highest BCUT2D eigenvalue weighted by Crippen LogP contribution is 2.31. The van der Waals surface area contributed by atoms with Gasteiger partial charge in [0.25, 0.3) is 0 Å². The molecule has 0 saturated carbocycles. The lowest BCUT2D eigenvalue weighted by atomic mass is 9.91. The molecule has 0 bridgehead atoms. The first-order chi connectivity index (χ1) is 9.74. The number of Topliss-reactive ketones (excluding diaryl/α,β-unsaturated/α-hetero) is 1. The fourth-order valence-corrected chi connectivity index (χ4v) is 2.74. The van der Waals surface area contributed by atoms with Crippen LogP contribution < -0.4 is 0 Å². The molecule has 4 atom stereocenters. The van der Waals surface area contributed by atoms with Crippen LogP contribution in [0.15, 0.2) is 12.7 Å². The van der Waals surface area contributed by atoms with Gasteiger partial charge < -0.3 is 19.7 Å². The van der Waals surface area contributed by atoms with E-state index >= 15 is 0 Å². The number of hydrogen-bond donors (Lipinski definition) is 0. The third-order valence-electron chi connectivity index (χ3n) is 3.64. The number of ketones is 1. The predicted molar refractivity (Wildman–Crippen MR) is 71.5 cm³/mol. The van der Waals surface area contributed by atoms with Crippen LogP contribution in [0.2, 0.25) is 0 Å². The molecule has 0 N–H and O–H groups in total. The number of nitrogens with zero attached hydrogens (tertiary/aromatic N) is 2. The van der Waals surface area contributed by atoms with Crippen LogP contribution in [0.3, 0.4) is 0 Å². The zero-order valence-electron chi connectivity index (χ0n) is 11.4. The molecule has 0 amide bonds. The highest BCUT2D eigenvalue weighted by atomic mass is 16.6. The maximum atomic E-state index is 11.6. The van der Waals surface area contributed by atoms with Crippen molar-refractivity contribution in [3.8, 4) is 0 Å². The van der Waals surface area contributed by atoms with Gasteiger partial charge >= 0.3 is 6.21 Å². The van der Waals surface area contributed by atoms with Crippen molar-refractivity contribution >= 4 is 12.0 Å². The van der Waals surface area contributed by atoms with Gasteiger partial charge in [-0.2, -0.15) is 4.79 Å². The fraction of sp³-hybridized carbons (Fsp3) is 0.714. The Hall–Kier alpha value is -1.33. The lowest BCUT2D eigenvalue weighted by Crippen LogP contribution is -2.51. The van der Waals surface area contributed by atoms with Gasteiger partial charge in [0.15, 0.2) is 0 Å². The van der Waals surface area contributed by atoms with Crippen LogP contribution in [0, 0.1) is 0 Å². The number of carbonyl (C=O) groups excluding carboxylic acids is 1. The van der Waals surface area contributed by atoms with Crippen molar-refractivity contribution in [1.29, 1.82) is 0 Å². The van der Waals surface area contributed by atoms with Gasteiger partial charge in [-0.15, -0.1) is 6.58 Å². The second kappa shape index (κ2) is 7.45. The van der Waals surface area contributed by atoms with Crippen LogP contribution in [0.5, 0.6) is 0 Å². The molecule has 2 heterocycles. The average Bonchev–Trinajstić information content (AvgIpc) is 2.45. The van der Waals surface area contributed by atoms with E-state index in [1.807, 2.05) is 0 Å². The standard InChI is InChI=1S/C14H20N2O4/c1-2-5-18-13-8-12-11(4-3-6-19-12)20-14(13)7-10(17)9-16-15/h2,9,11-14H,1,3-8H2/t11-,12+,13-,14+/m1/s1. The Balaban J connectivity index is 2.01. The summed E-state index contributed by atoms with van der Waals surface area (Å²) < 4.78 is 17.4. The van der Waals surface area contributed by atoms with Crippen molar-refractivity contribution in [2.24, 2.45) is 0 Å². The summed E-state index contributed by atoms with van der Waals surface area (Å²) in [6, 6.07) is 0. The predicted octanol–water partition coefficient (Wildman–Crippen LogP) is 1.15. The summed E-state index contributed by atoms with van der Waals surface area (Å²) in [4.78, 5) is 14.4. The topological polar surface area (TPSA) is 81.2 Å². The summed E-state index contributed by atoms with van der Waals surface area (Å²) in [5, 5.41) is 0. The lowest BCUT2D eigenvalue weighted by molar-refractivity contribution is -0.211. The minimum atomic E-state index is -0.330. The highest BCUT2D eigenvalue weighted by molar-refractivity contribution is 6.25. The molecular weight excluding hydrogens is 260 g/mol. The molecule has 6 nitrogen and oxygen atoms in total. The number of fused-ring (bicyclic) bond motifs is 1. The van der Waals surface area contributed by atoms with Crippen molar-refractivity contribution in [3.05, 3.63) is 18.2 Å². The van der Waals surface area contributed by atoms with Gasteiger partial charge in [0.2, 0.25) is 5.78 Å². The highest BCUT2D eigenvalue weighted by Gasteiger charge is 2.41. The van der Waals surface area contributed by atoms with Crippen LogP contribution in [-0.2, 0) is 19.0 Å². The molecule has 0 aromatic carbocycles. The summed E-state index contributed by atoms with van der Waals surface area (Å²) in [5.41, 5.74) is 8.40. The van der Waals surface area contributed by atoms with Crippen LogP contribution >= 0.6 is 0 Å². The van der Waals surface area contributed by atoms with Crippen molar-refractivity contribution in [2.45, 2.75) is 50.1 Å². The lowest BCUT2D eigenvalue weighted by Gasteiger charge is -2.43. The number of rotatable bonds is 6. The van der Waals surface area contributed by atoms with Gasteiger partial charge in [0, 0.05) is 19.4 Å². The van der Waals surface area contributed by atoms with Crippen molar-refractivity contribution < 1.29 is 23.8 Å². The van der Waals surface area contributed by atoms with Gasteiger partial charge in [0.1, 0.15) is 0 Å². The Labute approximate surface area is 118 Å². The molecule has 110 valence electrons. The SMILES string of the molecule is C=CCO[C@@H]1C[C@@H]2OCCC[C@H]2O[C@H]1CC(=O)C=[N+]=[N-]. The molecule has 0 aromatic heterocycles. The fourth-order valence-electron chi connectivity index (χ4n) is 2.74. The van der Waals surface area contributed by atoms with Crippen molar-refractivity contribution in [3.63, 3.8) is 0 Å². The third kappa shape index (κ3) is 3.84. The maximum absolute atomic E-state index is 11.6. The van der Waals surface area contributed by atoms with Crippen LogP contribution in [0.4, 0.5) is 0 Å². The van der Waals surface area contributed by atoms with E-state index < -0.39 is 0 Å². The molecule has 0 aliphatic carbocycles. The summed E-state index contributed by atoms with van der Waals surface area (Å²) in [6.07, 6.45) is 4.87. The van der Waals surface area contributed by atoms with E-state index in [-0.39, 0.29) is 36.6 Å². The normalized spacial score (nSPS) is 32.8. The Kier molecular flexibility index (Phi) is 5.61. The van der Waals surface area contributed by atoms with Crippen LogP contribution in [-0.4, -0.2) is 54.4 Å². The Bertz CT molecular complexity index is 406. The first kappa shape index (κ1) is 15.1. The number of ether oxygens (including phenoxy) is 3. The van der Waals surface area contributed by atoms with Crippen molar-refractivity contribution in [1.82, 2.24) is 0 Å². The van der Waals surface area contributed by atoms with E-state index in [0.717, 1.165) is 25.7 Å². The molecule has 0 spiro atoms. The molecule has 0 aromatic rings. The molecule has 0 radical (unpaired) electrons.